The minimum absolute atomic E-state index is 0.0134. The van der Waals surface area contributed by atoms with Gasteiger partial charge in [0.2, 0.25) is 5.91 Å². The van der Waals surface area contributed by atoms with Crippen LogP contribution in [0, 0.1) is 5.92 Å². The Balaban J connectivity index is 1.33. The molecule has 170 valence electrons. The summed E-state index contributed by atoms with van der Waals surface area (Å²) >= 11 is 0. The molecule has 5 rings (SSSR count). The van der Waals surface area contributed by atoms with Gasteiger partial charge in [-0.3, -0.25) is 4.79 Å². The molecule has 3 heterocycles. The monoisotopic (exact) mass is 446 g/mol. The lowest BCUT2D eigenvalue weighted by Crippen LogP contribution is -2.43. The lowest BCUT2D eigenvalue weighted by molar-refractivity contribution is -0.125. The summed E-state index contributed by atoms with van der Waals surface area (Å²) in [6.07, 6.45) is 3.29. The van der Waals surface area contributed by atoms with Crippen LogP contribution >= 0.6 is 0 Å². The van der Waals surface area contributed by atoms with E-state index < -0.39 is 0 Å². The summed E-state index contributed by atoms with van der Waals surface area (Å²) in [5.41, 5.74) is 3.12. The molecule has 8 nitrogen and oxygen atoms in total. The average molecular weight is 447 g/mol. The molecule has 0 spiro atoms. The largest absolute Gasteiger partial charge is 0.497 e. The minimum Gasteiger partial charge on any atom is -0.497 e. The molecule has 1 unspecified atom stereocenters. The number of aromatic nitrogens is 2. The number of nitrogens with zero attached hydrogens (tertiary/aromatic N) is 3. The highest BCUT2D eigenvalue weighted by Gasteiger charge is 2.28. The number of anilines is 1. The van der Waals surface area contributed by atoms with E-state index in [1.54, 1.807) is 20.5 Å². The van der Waals surface area contributed by atoms with E-state index in [0.717, 1.165) is 58.8 Å². The van der Waals surface area contributed by atoms with Gasteiger partial charge in [0.05, 0.1) is 20.1 Å². The first-order valence-corrected chi connectivity index (χ1v) is 11.0. The third-order valence-corrected chi connectivity index (χ3v) is 6.17. The molecular formula is C25H26N4O4. The van der Waals surface area contributed by atoms with Crippen molar-refractivity contribution in [3.63, 3.8) is 0 Å². The van der Waals surface area contributed by atoms with Gasteiger partial charge < -0.3 is 24.1 Å². The Morgan fingerprint density at radius 3 is 2.91 bits per heavy atom. The lowest BCUT2D eigenvalue weighted by atomic mass is 9.97. The summed E-state index contributed by atoms with van der Waals surface area (Å²) in [6, 6.07) is 13.4. The van der Waals surface area contributed by atoms with Crippen molar-refractivity contribution >= 4 is 33.8 Å². The zero-order valence-corrected chi connectivity index (χ0v) is 18.7. The van der Waals surface area contributed by atoms with E-state index in [1.165, 1.54) is 0 Å². The summed E-state index contributed by atoms with van der Waals surface area (Å²) in [7, 11) is 3.24. The number of carbonyl (C=O) groups excluding carboxylic acids is 1. The third kappa shape index (κ3) is 4.04. The topological polar surface area (TPSA) is 89.7 Å². The van der Waals surface area contributed by atoms with Crippen LogP contribution in [0.2, 0.25) is 0 Å². The maximum atomic E-state index is 13.0. The van der Waals surface area contributed by atoms with E-state index in [4.69, 9.17) is 13.9 Å². The first-order valence-electron chi connectivity index (χ1n) is 11.0. The van der Waals surface area contributed by atoms with Crippen molar-refractivity contribution in [2.45, 2.75) is 19.4 Å². The molecule has 1 fully saturated rings. The number of ether oxygens (including phenoxy) is 2. The van der Waals surface area contributed by atoms with Crippen LogP contribution in [0.5, 0.6) is 11.5 Å². The number of rotatable bonds is 6. The van der Waals surface area contributed by atoms with Crippen molar-refractivity contribution in [2.24, 2.45) is 5.92 Å². The fraction of sp³-hybridized carbons (Fsp3) is 0.320. The standard InChI is InChI=1S/C25H26N4O4/c1-31-18-9-10-20(32-2)17(12-18)13-26-25(30)16-6-5-11-29(14-16)24-23-22(27-15-28-24)19-7-3-4-8-21(19)33-23/h3-4,7-10,12,15-16H,5-6,11,13-14H2,1-2H3,(H,26,30). The Hall–Kier alpha value is -3.81. The number of methoxy groups -OCH3 is 2. The van der Waals surface area contributed by atoms with Crippen LogP contribution in [0.4, 0.5) is 5.82 Å². The highest BCUT2D eigenvalue weighted by Crippen LogP contribution is 2.34. The zero-order chi connectivity index (χ0) is 22.8. The molecule has 0 aliphatic carbocycles. The first kappa shape index (κ1) is 21.1. The normalized spacial score (nSPS) is 16.2. The molecule has 1 saturated heterocycles. The van der Waals surface area contributed by atoms with E-state index in [9.17, 15) is 4.79 Å². The van der Waals surface area contributed by atoms with Gasteiger partial charge in [-0.05, 0) is 43.2 Å². The molecule has 1 N–H and O–H groups in total. The van der Waals surface area contributed by atoms with Crippen molar-refractivity contribution in [3.8, 4) is 11.5 Å². The quantitative estimate of drug-likeness (QED) is 0.480. The molecule has 1 aliphatic heterocycles. The van der Waals surface area contributed by atoms with Gasteiger partial charge in [-0.25, -0.2) is 9.97 Å². The van der Waals surface area contributed by atoms with Crippen LogP contribution < -0.4 is 19.7 Å². The van der Waals surface area contributed by atoms with Gasteiger partial charge in [-0.2, -0.15) is 0 Å². The first-order chi connectivity index (χ1) is 16.2. The Morgan fingerprint density at radius 2 is 2.06 bits per heavy atom. The smallest absolute Gasteiger partial charge is 0.225 e. The number of furan rings is 1. The predicted octanol–water partition coefficient (Wildman–Crippen LogP) is 3.93. The number of fused-ring (bicyclic) bond motifs is 3. The van der Waals surface area contributed by atoms with Crippen molar-refractivity contribution in [1.29, 1.82) is 0 Å². The molecule has 1 aliphatic rings. The van der Waals surface area contributed by atoms with Crippen LogP contribution in [-0.2, 0) is 11.3 Å². The van der Waals surface area contributed by atoms with Crippen LogP contribution in [0.1, 0.15) is 18.4 Å². The maximum absolute atomic E-state index is 13.0. The van der Waals surface area contributed by atoms with Crippen molar-refractivity contribution in [2.75, 3.05) is 32.2 Å². The summed E-state index contributed by atoms with van der Waals surface area (Å²) in [5, 5.41) is 4.04. The van der Waals surface area contributed by atoms with Gasteiger partial charge in [-0.15, -0.1) is 0 Å². The number of benzene rings is 2. The second-order valence-corrected chi connectivity index (χ2v) is 8.15. The lowest BCUT2D eigenvalue weighted by Gasteiger charge is -2.32. The van der Waals surface area contributed by atoms with Crippen molar-refractivity contribution in [3.05, 3.63) is 54.4 Å². The van der Waals surface area contributed by atoms with E-state index in [2.05, 4.69) is 20.2 Å². The molecule has 8 heteroatoms. The molecule has 2 aromatic carbocycles. The Kier molecular flexibility index (Phi) is 5.73. The van der Waals surface area contributed by atoms with Gasteiger partial charge in [0.25, 0.3) is 0 Å². The van der Waals surface area contributed by atoms with Crippen molar-refractivity contribution < 1.29 is 18.7 Å². The molecule has 2 aromatic heterocycles. The number of carbonyl (C=O) groups is 1. The highest BCUT2D eigenvalue weighted by atomic mass is 16.5. The summed E-state index contributed by atoms with van der Waals surface area (Å²) < 4.78 is 16.8. The van der Waals surface area contributed by atoms with Crippen LogP contribution in [-0.4, -0.2) is 43.2 Å². The van der Waals surface area contributed by atoms with Gasteiger partial charge in [0, 0.05) is 30.6 Å². The van der Waals surface area contributed by atoms with Gasteiger partial charge >= 0.3 is 0 Å². The number of piperidine rings is 1. The molecule has 33 heavy (non-hydrogen) atoms. The van der Waals surface area contributed by atoms with Gasteiger partial charge in [-0.1, -0.05) is 12.1 Å². The van der Waals surface area contributed by atoms with Crippen molar-refractivity contribution in [1.82, 2.24) is 15.3 Å². The summed E-state index contributed by atoms with van der Waals surface area (Å²) in [5.74, 6) is 2.05. The van der Waals surface area contributed by atoms with E-state index in [0.29, 0.717) is 18.7 Å². The molecule has 4 aromatic rings. The number of nitrogens with one attached hydrogen (secondary N) is 1. The third-order valence-electron chi connectivity index (χ3n) is 6.17. The fourth-order valence-corrected chi connectivity index (χ4v) is 4.47. The SMILES string of the molecule is COc1ccc(OC)c(CNC(=O)C2CCCN(c3ncnc4c3oc3ccccc34)C2)c1. The molecule has 0 bridgehead atoms. The number of hydrogen-bond acceptors (Lipinski definition) is 7. The second-order valence-electron chi connectivity index (χ2n) is 8.15. The molecule has 0 saturated carbocycles. The summed E-state index contributed by atoms with van der Waals surface area (Å²) in [6.45, 7) is 1.76. The second kappa shape index (κ2) is 8.97. The Morgan fingerprint density at radius 1 is 1.18 bits per heavy atom. The number of para-hydroxylation sites is 1. The van der Waals surface area contributed by atoms with Crippen LogP contribution in [0.15, 0.2) is 53.2 Å². The number of amides is 1. The highest BCUT2D eigenvalue weighted by molar-refractivity contribution is 6.05. The van der Waals surface area contributed by atoms with Gasteiger partial charge in [0.1, 0.15) is 28.9 Å². The van der Waals surface area contributed by atoms with E-state index in [1.807, 2.05) is 42.5 Å². The minimum atomic E-state index is -0.148. The molecular weight excluding hydrogens is 420 g/mol. The summed E-state index contributed by atoms with van der Waals surface area (Å²) in [4.78, 5) is 24.1. The number of hydrogen-bond donors (Lipinski definition) is 1. The fourth-order valence-electron chi connectivity index (χ4n) is 4.47. The Labute approximate surface area is 191 Å². The predicted molar refractivity (Wildman–Crippen MR) is 126 cm³/mol. The zero-order valence-electron chi connectivity index (χ0n) is 18.7. The molecule has 1 atom stereocenters. The molecule has 0 radical (unpaired) electrons. The van der Waals surface area contributed by atoms with Crippen LogP contribution in [0.25, 0.3) is 22.1 Å². The van der Waals surface area contributed by atoms with Crippen LogP contribution in [0.3, 0.4) is 0 Å². The Bertz CT molecular complexity index is 1300. The van der Waals surface area contributed by atoms with E-state index >= 15 is 0 Å². The molecule has 1 amide bonds. The maximum Gasteiger partial charge on any atom is 0.225 e. The van der Waals surface area contributed by atoms with E-state index in [-0.39, 0.29) is 11.8 Å². The average Bonchev–Trinajstić information content (AvgIpc) is 3.26. The van der Waals surface area contributed by atoms with Gasteiger partial charge in [0.15, 0.2) is 11.4 Å².